The third-order valence-electron chi connectivity index (χ3n) is 4.47. The number of ether oxygens (including phenoxy) is 1. The van der Waals surface area contributed by atoms with Crippen molar-refractivity contribution in [1.29, 1.82) is 0 Å². The van der Waals surface area contributed by atoms with Gasteiger partial charge in [0.05, 0.1) is 17.6 Å². The van der Waals surface area contributed by atoms with Crippen molar-refractivity contribution in [2.45, 2.75) is 58.2 Å². The predicted octanol–water partition coefficient (Wildman–Crippen LogP) is 2.84. The van der Waals surface area contributed by atoms with Crippen LogP contribution in [-0.2, 0) is 4.74 Å². The highest BCUT2D eigenvalue weighted by Gasteiger charge is 2.30. The predicted molar refractivity (Wildman–Crippen MR) is 87.6 cm³/mol. The number of likely N-dealkylation sites (tertiary alicyclic amines) is 1. The van der Waals surface area contributed by atoms with Crippen molar-refractivity contribution in [2.75, 3.05) is 6.54 Å². The first kappa shape index (κ1) is 16.5. The van der Waals surface area contributed by atoms with Crippen LogP contribution < -0.4 is 4.90 Å². The number of rotatable bonds is 4. The van der Waals surface area contributed by atoms with Crippen LogP contribution in [-0.4, -0.2) is 30.7 Å². The third-order valence-corrected chi connectivity index (χ3v) is 5.16. The van der Waals surface area contributed by atoms with Gasteiger partial charge in [0, 0.05) is 4.47 Å². The van der Waals surface area contributed by atoms with Crippen LogP contribution in [0, 0.1) is 0 Å². The number of quaternary nitrogens is 1. The van der Waals surface area contributed by atoms with E-state index in [1.807, 2.05) is 25.1 Å². The van der Waals surface area contributed by atoms with Crippen molar-refractivity contribution in [3.63, 3.8) is 0 Å². The normalized spacial score (nSPS) is 24.6. The number of hydrogen-bond donors (Lipinski definition) is 1. The Morgan fingerprint density at radius 2 is 1.95 bits per heavy atom. The molecule has 3 nitrogen and oxygen atoms in total. The standard InChI is InChI=1S/C17H24BrNO2/c1-12-7-6-8-13(2)19(12)11-14(3)21-17(20)15-9-4-5-10-16(15)18/h4-5,9-10,12-14H,6-8,11H2,1-3H3/p+1/t12-,13-,14+/m0/s1. The summed E-state index contributed by atoms with van der Waals surface area (Å²) in [4.78, 5) is 13.8. The second-order valence-electron chi connectivity index (χ2n) is 6.21. The highest BCUT2D eigenvalue weighted by atomic mass is 79.9. The van der Waals surface area contributed by atoms with Gasteiger partial charge < -0.3 is 9.64 Å². The molecule has 0 radical (unpaired) electrons. The van der Waals surface area contributed by atoms with Gasteiger partial charge in [-0.3, -0.25) is 0 Å². The summed E-state index contributed by atoms with van der Waals surface area (Å²) in [6.45, 7) is 7.48. The Bertz CT molecular complexity index is 481. The second-order valence-corrected chi connectivity index (χ2v) is 7.06. The molecule has 0 amide bonds. The topological polar surface area (TPSA) is 30.7 Å². The van der Waals surface area contributed by atoms with E-state index >= 15 is 0 Å². The van der Waals surface area contributed by atoms with Crippen LogP contribution in [0.1, 0.15) is 50.4 Å². The number of piperidine rings is 1. The number of nitrogens with one attached hydrogen (secondary N) is 1. The fraction of sp³-hybridized carbons (Fsp3) is 0.588. The van der Waals surface area contributed by atoms with E-state index in [1.54, 1.807) is 11.0 Å². The Hall–Kier alpha value is -0.870. The molecule has 116 valence electrons. The molecule has 1 fully saturated rings. The van der Waals surface area contributed by atoms with E-state index in [-0.39, 0.29) is 12.1 Å². The van der Waals surface area contributed by atoms with Crippen molar-refractivity contribution in [3.8, 4) is 0 Å². The maximum absolute atomic E-state index is 12.2. The molecule has 0 unspecified atom stereocenters. The Morgan fingerprint density at radius 3 is 2.57 bits per heavy atom. The maximum Gasteiger partial charge on any atom is 0.339 e. The Kier molecular flexibility index (Phi) is 5.82. The maximum atomic E-state index is 12.2. The van der Waals surface area contributed by atoms with Crippen LogP contribution in [0.3, 0.4) is 0 Å². The van der Waals surface area contributed by atoms with Crippen LogP contribution in [0.25, 0.3) is 0 Å². The Balaban J connectivity index is 1.93. The molecule has 3 atom stereocenters. The first-order chi connectivity index (χ1) is 9.99. The SMILES string of the molecule is C[C@H](C[NH+]1[C@@H](C)CCC[C@@H]1C)OC(=O)c1ccccc1Br. The summed E-state index contributed by atoms with van der Waals surface area (Å²) in [5.74, 6) is -0.244. The lowest BCUT2D eigenvalue weighted by atomic mass is 9.97. The van der Waals surface area contributed by atoms with Crippen molar-refractivity contribution < 1.29 is 14.4 Å². The van der Waals surface area contributed by atoms with Gasteiger partial charge in [-0.15, -0.1) is 0 Å². The van der Waals surface area contributed by atoms with Gasteiger partial charge in [0.25, 0.3) is 0 Å². The molecule has 0 saturated carbocycles. The van der Waals surface area contributed by atoms with Gasteiger partial charge >= 0.3 is 5.97 Å². The van der Waals surface area contributed by atoms with Crippen molar-refractivity contribution in [3.05, 3.63) is 34.3 Å². The lowest BCUT2D eigenvalue weighted by Gasteiger charge is -2.37. The minimum Gasteiger partial charge on any atom is -0.453 e. The van der Waals surface area contributed by atoms with Gasteiger partial charge in [-0.1, -0.05) is 12.1 Å². The zero-order valence-electron chi connectivity index (χ0n) is 13.1. The minimum atomic E-state index is -0.244. The molecule has 1 aliphatic heterocycles. The zero-order valence-corrected chi connectivity index (χ0v) is 14.7. The van der Waals surface area contributed by atoms with Gasteiger partial charge in [-0.2, -0.15) is 0 Å². The molecular formula is C17H25BrNO2+. The molecule has 1 aliphatic rings. The fourth-order valence-corrected chi connectivity index (χ4v) is 3.68. The monoisotopic (exact) mass is 354 g/mol. The molecular weight excluding hydrogens is 330 g/mol. The van der Waals surface area contributed by atoms with E-state index in [0.717, 1.165) is 11.0 Å². The average molecular weight is 355 g/mol. The Labute approximate surface area is 135 Å². The molecule has 0 spiro atoms. The summed E-state index contributed by atoms with van der Waals surface area (Å²) in [5, 5.41) is 0. The van der Waals surface area contributed by atoms with E-state index < -0.39 is 0 Å². The summed E-state index contributed by atoms with van der Waals surface area (Å²) in [5.41, 5.74) is 0.596. The molecule has 2 rings (SSSR count). The lowest BCUT2D eigenvalue weighted by Crippen LogP contribution is -3.20. The van der Waals surface area contributed by atoms with Crippen LogP contribution in [0.15, 0.2) is 28.7 Å². The van der Waals surface area contributed by atoms with E-state index in [9.17, 15) is 4.79 Å². The number of carbonyl (C=O) groups excluding carboxylic acids is 1. The first-order valence-corrected chi connectivity index (χ1v) is 8.59. The van der Waals surface area contributed by atoms with Crippen LogP contribution >= 0.6 is 15.9 Å². The number of halogens is 1. The number of benzene rings is 1. The van der Waals surface area contributed by atoms with E-state index in [0.29, 0.717) is 17.6 Å². The minimum absolute atomic E-state index is 0.0670. The lowest BCUT2D eigenvalue weighted by molar-refractivity contribution is -0.953. The summed E-state index contributed by atoms with van der Waals surface area (Å²) in [7, 11) is 0. The second kappa shape index (κ2) is 7.41. The molecule has 0 bridgehead atoms. The summed E-state index contributed by atoms with van der Waals surface area (Å²) >= 11 is 3.40. The van der Waals surface area contributed by atoms with E-state index in [2.05, 4.69) is 29.8 Å². The molecule has 1 aromatic rings. The number of hydrogen-bond acceptors (Lipinski definition) is 2. The third kappa shape index (κ3) is 4.30. The van der Waals surface area contributed by atoms with Crippen LogP contribution in [0.5, 0.6) is 0 Å². The summed E-state index contributed by atoms with van der Waals surface area (Å²) in [6, 6.07) is 8.70. The highest BCUT2D eigenvalue weighted by molar-refractivity contribution is 9.10. The van der Waals surface area contributed by atoms with Crippen molar-refractivity contribution in [2.24, 2.45) is 0 Å². The smallest absolute Gasteiger partial charge is 0.339 e. The van der Waals surface area contributed by atoms with Gasteiger partial charge in [-0.25, -0.2) is 4.79 Å². The fourth-order valence-electron chi connectivity index (χ4n) is 3.24. The molecule has 1 N–H and O–H groups in total. The van der Waals surface area contributed by atoms with Gasteiger partial charge in [0.2, 0.25) is 0 Å². The van der Waals surface area contributed by atoms with Gasteiger partial charge in [0.15, 0.2) is 0 Å². The molecule has 1 aromatic carbocycles. The quantitative estimate of drug-likeness (QED) is 0.842. The zero-order chi connectivity index (χ0) is 15.4. The van der Waals surface area contributed by atoms with E-state index in [4.69, 9.17) is 4.74 Å². The largest absolute Gasteiger partial charge is 0.453 e. The molecule has 4 heteroatoms. The molecule has 0 aromatic heterocycles. The van der Waals surface area contributed by atoms with Crippen molar-refractivity contribution >= 4 is 21.9 Å². The van der Waals surface area contributed by atoms with E-state index in [1.165, 1.54) is 19.3 Å². The van der Waals surface area contributed by atoms with Gasteiger partial charge in [0.1, 0.15) is 12.6 Å². The van der Waals surface area contributed by atoms with Crippen LogP contribution in [0.2, 0.25) is 0 Å². The summed E-state index contributed by atoms with van der Waals surface area (Å²) < 4.78 is 6.41. The summed E-state index contributed by atoms with van der Waals surface area (Å²) in [6.07, 6.45) is 3.79. The van der Waals surface area contributed by atoms with Gasteiger partial charge in [-0.05, 0) is 68.1 Å². The number of esters is 1. The first-order valence-electron chi connectivity index (χ1n) is 7.80. The Morgan fingerprint density at radius 1 is 1.33 bits per heavy atom. The molecule has 1 saturated heterocycles. The molecule has 1 heterocycles. The average Bonchev–Trinajstić information content (AvgIpc) is 2.43. The number of carbonyl (C=O) groups is 1. The molecule has 0 aliphatic carbocycles. The highest BCUT2D eigenvalue weighted by Crippen LogP contribution is 2.17. The van der Waals surface area contributed by atoms with Crippen molar-refractivity contribution in [1.82, 2.24) is 0 Å². The molecule has 21 heavy (non-hydrogen) atoms. The van der Waals surface area contributed by atoms with Crippen LogP contribution in [0.4, 0.5) is 0 Å².